The van der Waals surface area contributed by atoms with Gasteiger partial charge in [-0.15, -0.1) is 0 Å². The van der Waals surface area contributed by atoms with Crippen LogP contribution in [0.15, 0.2) is 53.0 Å². The maximum atomic E-state index is 12.2. The number of rotatable bonds is 6. The Morgan fingerprint density at radius 3 is 2.24 bits per heavy atom. The summed E-state index contributed by atoms with van der Waals surface area (Å²) >= 11 is 4.76. The van der Waals surface area contributed by atoms with E-state index >= 15 is 0 Å². The van der Waals surface area contributed by atoms with Crippen LogP contribution in [0.3, 0.4) is 0 Å². The van der Waals surface area contributed by atoms with E-state index in [1.54, 1.807) is 24.3 Å². The molecule has 2 aromatic carbocycles. The van der Waals surface area contributed by atoms with Crippen molar-refractivity contribution in [2.24, 2.45) is 0 Å². The lowest BCUT2D eigenvalue weighted by atomic mass is 10.1. The number of anilines is 1. The molecule has 0 unspecified atom stereocenters. The van der Waals surface area contributed by atoms with Crippen LogP contribution in [-0.4, -0.2) is 40.7 Å². The zero-order valence-electron chi connectivity index (χ0n) is 13.2. The number of carbonyl (C=O) groups excluding carboxylic acids is 3. The third kappa shape index (κ3) is 3.93. The highest BCUT2D eigenvalue weighted by Gasteiger charge is 2.34. The lowest BCUT2D eigenvalue weighted by Gasteiger charge is -2.13. The number of para-hydroxylation sites is 1. The van der Waals surface area contributed by atoms with Gasteiger partial charge in [0.1, 0.15) is 0 Å². The van der Waals surface area contributed by atoms with Crippen molar-refractivity contribution < 1.29 is 14.4 Å². The van der Waals surface area contributed by atoms with E-state index in [0.29, 0.717) is 29.1 Å². The molecule has 1 N–H and O–H groups in total. The number of carbonyl (C=O) groups is 3. The summed E-state index contributed by atoms with van der Waals surface area (Å²) in [5.74, 6) is 0.108. The topological polar surface area (TPSA) is 66.5 Å². The number of hydrogen-bond donors (Lipinski definition) is 1. The van der Waals surface area contributed by atoms with Crippen molar-refractivity contribution in [3.8, 4) is 0 Å². The Labute approximate surface area is 157 Å². The highest BCUT2D eigenvalue weighted by molar-refractivity contribution is 9.10. The van der Waals surface area contributed by atoms with Crippen molar-refractivity contribution in [1.29, 1.82) is 0 Å². The molecule has 1 aliphatic rings. The van der Waals surface area contributed by atoms with Crippen LogP contribution in [0, 0.1) is 0 Å². The van der Waals surface area contributed by atoms with Crippen molar-refractivity contribution >= 4 is 51.1 Å². The molecule has 0 atom stereocenters. The lowest BCUT2D eigenvalue weighted by molar-refractivity contribution is -0.113. The minimum Gasteiger partial charge on any atom is -0.324 e. The van der Waals surface area contributed by atoms with E-state index in [1.165, 1.54) is 16.7 Å². The van der Waals surface area contributed by atoms with Gasteiger partial charge in [-0.1, -0.05) is 24.3 Å². The fraction of sp³-hybridized carbons (Fsp3) is 0.167. The Balaban J connectivity index is 1.46. The predicted molar refractivity (Wildman–Crippen MR) is 102 cm³/mol. The normalized spacial score (nSPS) is 13.1. The van der Waals surface area contributed by atoms with E-state index in [1.807, 2.05) is 24.3 Å². The summed E-state index contributed by atoms with van der Waals surface area (Å²) in [4.78, 5) is 37.7. The highest BCUT2D eigenvalue weighted by Crippen LogP contribution is 2.23. The summed E-state index contributed by atoms with van der Waals surface area (Å²) in [5.41, 5.74) is 1.61. The maximum Gasteiger partial charge on any atom is 0.261 e. The van der Waals surface area contributed by atoms with Gasteiger partial charge in [0.15, 0.2) is 0 Å². The number of thioether (sulfide) groups is 1. The van der Waals surface area contributed by atoms with Gasteiger partial charge in [-0.3, -0.25) is 19.3 Å². The second-order valence-electron chi connectivity index (χ2n) is 5.39. The van der Waals surface area contributed by atoms with Gasteiger partial charge >= 0.3 is 0 Å². The van der Waals surface area contributed by atoms with Crippen LogP contribution in [0.25, 0.3) is 0 Å². The lowest BCUT2D eigenvalue weighted by Crippen LogP contribution is -2.32. The van der Waals surface area contributed by atoms with Crippen molar-refractivity contribution in [2.75, 3.05) is 23.4 Å². The molecule has 0 aromatic heterocycles. The number of nitrogens with zero attached hydrogens (tertiary/aromatic N) is 1. The summed E-state index contributed by atoms with van der Waals surface area (Å²) in [6, 6.07) is 14.2. The molecule has 0 spiro atoms. The van der Waals surface area contributed by atoms with Gasteiger partial charge in [0.25, 0.3) is 11.8 Å². The summed E-state index contributed by atoms with van der Waals surface area (Å²) in [6.45, 7) is 0.291. The van der Waals surface area contributed by atoms with E-state index in [0.717, 1.165) is 4.47 Å². The van der Waals surface area contributed by atoms with Gasteiger partial charge in [0.2, 0.25) is 5.91 Å². The molecule has 5 nitrogen and oxygen atoms in total. The van der Waals surface area contributed by atoms with Crippen LogP contribution in [-0.2, 0) is 4.79 Å². The molecule has 0 saturated heterocycles. The minimum absolute atomic E-state index is 0.126. The van der Waals surface area contributed by atoms with Gasteiger partial charge in [0, 0.05) is 16.8 Å². The molecule has 0 fully saturated rings. The number of imide groups is 1. The molecule has 1 heterocycles. The third-order valence-electron chi connectivity index (χ3n) is 3.72. The molecule has 25 heavy (non-hydrogen) atoms. The number of nitrogens with one attached hydrogen (secondary N) is 1. The van der Waals surface area contributed by atoms with Gasteiger partial charge in [-0.05, 0) is 40.2 Å². The quantitative estimate of drug-likeness (QED) is 0.576. The molecule has 128 valence electrons. The van der Waals surface area contributed by atoms with Gasteiger partial charge in [0.05, 0.1) is 22.6 Å². The van der Waals surface area contributed by atoms with E-state index in [9.17, 15) is 14.4 Å². The van der Waals surface area contributed by atoms with Gasteiger partial charge < -0.3 is 5.32 Å². The molecule has 2 aromatic rings. The molecule has 0 aliphatic carbocycles. The van der Waals surface area contributed by atoms with Gasteiger partial charge in [-0.25, -0.2) is 0 Å². The first-order valence-electron chi connectivity index (χ1n) is 7.65. The monoisotopic (exact) mass is 418 g/mol. The fourth-order valence-electron chi connectivity index (χ4n) is 2.51. The first-order chi connectivity index (χ1) is 12.1. The van der Waals surface area contributed by atoms with Crippen LogP contribution < -0.4 is 5.32 Å². The minimum atomic E-state index is -0.265. The van der Waals surface area contributed by atoms with E-state index in [2.05, 4.69) is 21.2 Å². The maximum absolute atomic E-state index is 12.2. The van der Waals surface area contributed by atoms with Crippen LogP contribution in [0.2, 0.25) is 0 Å². The van der Waals surface area contributed by atoms with Crippen molar-refractivity contribution in [3.05, 3.63) is 64.1 Å². The Morgan fingerprint density at radius 2 is 1.60 bits per heavy atom. The zero-order chi connectivity index (χ0) is 17.8. The molecule has 3 amide bonds. The van der Waals surface area contributed by atoms with Crippen molar-refractivity contribution in [2.45, 2.75) is 0 Å². The van der Waals surface area contributed by atoms with E-state index < -0.39 is 0 Å². The molecule has 7 heteroatoms. The molecule has 3 rings (SSSR count). The third-order valence-corrected chi connectivity index (χ3v) is 5.35. The molecule has 0 bridgehead atoms. The summed E-state index contributed by atoms with van der Waals surface area (Å²) in [7, 11) is 0. The van der Waals surface area contributed by atoms with Crippen LogP contribution >= 0.6 is 27.7 Å². The Hall–Kier alpha value is -2.12. The Kier molecular flexibility index (Phi) is 5.55. The standard InChI is InChI=1S/C18H15BrN2O3S/c19-14-7-3-4-8-15(14)20-16(22)11-25-10-9-21-17(23)12-5-1-2-6-13(12)18(21)24/h1-8H,9-11H2,(H,20,22). The van der Waals surface area contributed by atoms with Crippen molar-refractivity contribution in [3.63, 3.8) is 0 Å². The fourth-order valence-corrected chi connectivity index (χ4v) is 3.61. The van der Waals surface area contributed by atoms with Crippen molar-refractivity contribution in [1.82, 2.24) is 4.90 Å². The summed E-state index contributed by atoms with van der Waals surface area (Å²) in [6.07, 6.45) is 0. The predicted octanol–water partition coefficient (Wildman–Crippen LogP) is 3.42. The van der Waals surface area contributed by atoms with Crippen LogP contribution in [0.5, 0.6) is 0 Å². The molecule has 1 aliphatic heterocycles. The SMILES string of the molecule is O=C(CSCCN1C(=O)c2ccccc2C1=O)Nc1ccccc1Br. The molecular formula is C18H15BrN2O3S. The van der Waals surface area contributed by atoms with E-state index in [4.69, 9.17) is 0 Å². The number of amides is 3. The molecule has 0 radical (unpaired) electrons. The zero-order valence-corrected chi connectivity index (χ0v) is 15.6. The summed E-state index contributed by atoms with van der Waals surface area (Å²) in [5, 5.41) is 2.82. The van der Waals surface area contributed by atoms with Crippen LogP contribution in [0.1, 0.15) is 20.7 Å². The second kappa shape index (κ2) is 7.84. The first-order valence-corrected chi connectivity index (χ1v) is 9.60. The smallest absolute Gasteiger partial charge is 0.261 e. The number of benzene rings is 2. The average molecular weight is 419 g/mol. The molecule has 0 saturated carbocycles. The largest absolute Gasteiger partial charge is 0.324 e. The van der Waals surface area contributed by atoms with Gasteiger partial charge in [-0.2, -0.15) is 11.8 Å². The first kappa shape index (κ1) is 17.7. The average Bonchev–Trinajstić information content (AvgIpc) is 2.86. The van der Waals surface area contributed by atoms with Crippen LogP contribution in [0.4, 0.5) is 5.69 Å². The number of fused-ring (bicyclic) bond motifs is 1. The molecular weight excluding hydrogens is 404 g/mol. The summed E-state index contributed by atoms with van der Waals surface area (Å²) < 4.78 is 0.819. The number of hydrogen-bond acceptors (Lipinski definition) is 4. The Morgan fingerprint density at radius 1 is 1.00 bits per heavy atom. The van der Waals surface area contributed by atoms with E-state index in [-0.39, 0.29) is 23.5 Å². The highest BCUT2D eigenvalue weighted by atomic mass is 79.9. The Bertz CT molecular complexity index is 806. The number of halogens is 1. The second-order valence-corrected chi connectivity index (χ2v) is 7.35.